The van der Waals surface area contributed by atoms with Crippen LogP contribution in [0, 0.1) is 0 Å². The zero-order valence-corrected chi connectivity index (χ0v) is 22.6. The minimum atomic E-state index is -0.402. The molecule has 1 aliphatic heterocycles. The molecule has 3 aromatic carbocycles. The number of fused-ring (bicyclic) bond motifs is 1. The summed E-state index contributed by atoms with van der Waals surface area (Å²) in [6, 6.07) is 19.4. The predicted molar refractivity (Wildman–Crippen MR) is 150 cm³/mol. The van der Waals surface area contributed by atoms with Crippen LogP contribution < -0.4 is 20.1 Å². The highest BCUT2D eigenvalue weighted by Gasteiger charge is 2.36. The number of ketones is 1. The van der Waals surface area contributed by atoms with Crippen LogP contribution in [0.25, 0.3) is 0 Å². The Morgan fingerprint density at radius 1 is 0.973 bits per heavy atom. The molecule has 2 aliphatic rings. The minimum absolute atomic E-state index is 0.0494. The van der Waals surface area contributed by atoms with Crippen molar-refractivity contribution in [2.45, 2.75) is 45.1 Å². The monoisotopic (exact) mass is 562 g/mol. The molecule has 1 heterocycles. The van der Waals surface area contributed by atoms with Crippen LogP contribution in [-0.4, -0.2) is 24.1 Å². The first-order valence-corrected chi connectivity index (χ1v) is 13.5. The molecule has 37 heavy (non-hydrogen) atoms. The molecule has 7 heteroatoms. The van der Waals surface area contributed by atoms with Gasteiger partial charge in [0.2, 0.25) is 0 Å². The number of hydrogen-bond acceptors (Lipinski definition) is 6. The summed E-state index contributed by atoms with van der Waals surface area (Å²) in [6.45, 7) is 5.07. The van der Waals surface area contributed by atoms with Crippen LogP contribution in [0.3, 0.4) is 0 Å². The number of ether oxygens (including phenoxy) is 2. The molecule has 6 nitrogen and oxygen atoms in total. The van der Waals surface area contributed by atoms with Crippen LogP contribution in [0.15, 0.2) is 76.4 Å². The van der Waals surface area contributed by atoms with Crippen molar-refractivity contribution in [1.29, 1.82) is 0 Å². The van der Waals surface area contributed by atoms with Crippen molar-refractivity contribution in [3.8, 4) is 17.2 Å². The molecule has 0 fully saturated rings. The molecule has 3 N–H and O–H groups in total. The third-order valence-electron chi connectivity index (χ3n) is 6.82. The first-order chi connectivity index (χ1) is 18.0. The minimum Gasteiger partial charge on any atom is -0.503 e. The number of phenolic OH excluding ortho intramolecular Hbond substituents is 1. The van der Waals surface area contributed by atoms with Crippen molar-refractivity contribution in [3.05, 3.63) is 87.5 Å². The lowest BCUT2D eigenvalue weighted by atomic mass is 9.78. The Labute approximate surface area is 225 Å². The number of anilines is 2. The largest absolute Gasteiger partial charge is 0.503 e. The number of hydrogen-bond donors (Lipinski definition) is 3. The molecule has 0 aromatic heterocycles. The number of carbonyl (C=O) groups is 1. The summed E-state index contributed by atoms with van der Waals surface area (Å²) in [4.78, 5) is 13.8. The van der Waals surface area contributed by atoms with E-state index in [1.54, 1.807) is 0 Å². The first-order valence-electron chi connectivity index (χ1n) is 12.7. The molecule has 0 spiro atoms. The van der Waals surface area contributed by atoms with E-state index in [0.717, 1.165) is 45.9 Å². The van der Waals surface area contributed by atoms with Gasteiger partial charge >= 0.3 is 0 Å². The second-order valence-corrected chi connectivity index (χ2v) is 10.2. The van der Waals surface area contributed by atoms with Gasteiger partial charge in [0.1, 0.15) is 5.75 Å². The van der Waals surface area contributed by atoms with Gasteiger partial charge in [0.25, 0.3) is 0 Å². The number of Topliss-reactive ketones (excluding diaryl/α,β-unsaturated/α-hetero) is 1. The number of halogens is 1. The van der Waals surface area contributed by atoms with E-state index in [2.05, 4.69) is 45.6 Å². The fourth-order valence-corrected chi connectivity index (χ4v) is 5.52. The summed E-state index contributed by atoms with van der Waals surface area (Å²) in [6.07, 6.45) is 2.09. The van der Waals surface area contributed by atoms with E-state index >= 15 is 0 Å². The highest BCUT2D eigenvalue weighted by molar-refractivity contribution is 9.10. The Morgan fingerprint density at radius 3 is 2.46 bits per heavy atom. The third kappa shape index (κ3) is 5.18. The molecule has 2 atom stereocenters. The molecule has 0 amide bonds. The quantitative estimate of drug-likeness (QED) is 0.280. The van der Waals surface area contributed by atoms with Crippen molar-refractivity contribution in [2.24, 2.45) is 0 Å². The van der Waals surface area contributed by atoms with Crippen LogP contribution in [0.2, 0.25) is 0 Å². The zero-order valence-electron chi connectivity index (χ0n) is 21.0. The Balaban J connectivity index is 1.54. The van der Waals surface area contributed by atoms with Crippen LogP contribution >= 0.6 is 15.9 Å². The molecular weight excluding hydrogens is 532 g/mol. The SMILES string of the molecule is CCCOc1ccc(C2CC(=O)C3=C(C2)Nc2ccccc2NC3c2cc(Br)c(O)c(OCC)c2)cc1. The van der Waals surface area contributed by atoms with Crippen LogP contribution in [0.5, 0.6) is 17.2 Å². The number of aromatic hydroxyl groups is 1. The molecular formula is C30H31BrN2O4. The molecule has 0 radical (unpaired) electrons. The number of allylic oxidation sites excluding steroid dienone is 1. The average Bonchev–Trinajstić information content (AvgIpc) is 3.07. The maximum atomic E-state index is 13.8. The van der Waals surface area contributed by atoms with E-state index in [9.17, 15) is 9.90 Å². The molecule has 0 saturated carbocycles. The van der Waals surface area contributed by atoms with Crippen molar-refractivity contribution in [2.75, 3.05) is 23.8 Å². The zero-order chi connectivity index (χ0) is 25.9. The van der Waals surface area contributed by atoms with Crippen molar-refractivity contribution in [1.82, 2.24) is 0 Å². The second-order valence-electron chi connectivity index (χ2n) is 9.37. The molecule has 1 aliphatic carbocycles. The summed E-state index contributed by atoms with van der Waals surface area (Å²) in [5, 5.41) is 17.6. The van der Waals surface area contributed by atoms with Crippen molar-refractivity contribution < 1.29 is 19.4 Å². The van der Waals surface area contributed by atoms with E-state index in [1.165, 1.54) is 0 Å². The molecule has 2 unspecified atom stereocenters. The lowest BCUT2D eigenvalue weighted by molar-refractivity contribution is -0.116. The molecule has 0 bridgehead atoms. The Bertz CT molecular complexity index is 1340. The van der Waals surface area contributed by atoms with Gasteiger partial charge in [0.15, 0.2) is 17.3 Å². The standard InChI is InChI=1S/C30H31BrN2O4/c1-3-13-37-21-11-9-18(10-12-21)19-15-25-28(26(34)16-19)29(33-24-8-6-5-7-23(24)32-25)20-14-22(31)30(35)27(17-20)36-4-2/h5-12,14,17,19,29,32-33,35H,3-4,13,15-16H2,1-2H3. The molecule has 3 aromatic rings. The second kappa shape index (κ2) is 10.9. The van der Waals surface area contributed by atoms with Gasteiger partial charge in [-0.15, -0.1) is 0 Å². The van der Waals surface area contributed by atoms with Gasteiger partial charge in [0, 0.05) is 17.7 Å². The van der Waals surface area contributed by atoms with Gasteiger partial charge in [0.05, 0.1) is 35.1 Å². The van der Waals surface area contributed by atoms with E-state index in [-0.39, 0.29) is 17.5 Å². The summed E-state index contributed by atoms with van der Waals surface area (Å²) in [5.41, 5.74) is 5.43. The number of carbonyl (C=O) groups excluding carboxylic acids is 1. The average molecular weight is 563 g/mol. The van der Waals surface area contributed by atoms with Crippen molar-refractivity contribution >= 4 is 33.1 Å². The van der Waals surface area contributed by atoms with Gasteiger partial charge < -0.3 is 25.2 Å². The maximum Gasteiger partial charge on any atom is 0.172 e. The molecule has 192 valence electrons. The van der Waals surface area contributed by atoms with Gasteiger partial charge in [-0.3, -0.25) is 4.79 Å². The molecule has 5 rings (SSSR count). The number of nitrogens with one attached hydrogen (secondary N) is 2. The Kier molecular flexibility index (Phi) is 7.42. The molecule has 0 saturated heterocycles. The highest BCUT2D eigenvalue weighted by atomic mass is 79.9. The summed E-state index contributed by atoms with van der Waals surface area (Å²) < 4.78 is 11.9. The Morgan fingerprint density at radius 2 is 1.73 bits per heavy atom. The fourth-order valence-electron chi connectivity index (χ4n) is 5.06. The smallest absolute Gasteiger partial charge is 0.172 e. The summed E-state index contributed by atoms with van der Waals surface area (Å²) in [7, 11) is 0. The number of rotatable bonds is 7. The van der Waals surface area contributed by atoms with E-state index < -0.39 is 6.04 Å². The number of para-hydroxylation sites is 2. The normalized spacial score (nSPS) is 18.7. The van der Waals surface area contributed by atoms with Crippen LogP contribution in [0.1, 0.15) is 56.2 Å². The van der Waals surface area contributed by atoms with Gasteiger partial charge in [-0.1, -0.05) is 31.2 Å². The lowest BCUT2D eigenvalue weighted by Crippen LogP contribution is -2.27. The fraction of sp³-hybridized carbons (Fsp3) is 0.300. The van der Waals surface area contributed by atoms with Gasteiger partial charge in [-0.05, 0) is 89.1 Å². The predicted octanol–water partition coefficient (Wildman–Crippen LogP) is 7.32. The third-order valence-corrected chi connectivity index (χ3v) is 7.42. The van der Waals surface area contributed by atoms with Gasteiger partial charge in [-0.2, -0.15) is 0 Å². The van der Waals surface area contributed by atoms with Crippen LogP contribution in [-0.2, 0) is 4.79 Å². The number of benzene rings is 3. The van der Waals surface area contributed by atoms with E-state index in [0.29, 0.717) is 36.3 Å². The summed E-state index contributed by atoms with van der Waals surface area (Å²) in [5.74, 6) is 1.44. The van der Waals surface area contributed by atoms with Crippen molar-refractivity contribution in [3.63, 3.8) is 0 Å². The maximum absolute atomic E-state index is 13.8. The van der Waals surface area contributed by atoms with E-state index in [4.69, 9.17) is 9.47 Å². The Hall–Kier alpha value is -3.45. The summed E-state index contributed by atoms with van der Waals surface area (Å²) >= 11 is 3.46. The number of phenols is 1. The van der Waals surface area contributed by atoms with Crippen LogP contribution in [0.4, 0.5) is 11.4 Å². The van der Waals surface area contributed by atoms with E-state index in [1.807, 2.05) is 55.5 Å². The highest BCUT2D eigenvalue weighted by Crippen LogP contribution is 2.46. The first kappa shape index (κ1) is 25.2. The van der Waals surface area contributed by atoms with Gasteiger partial charge in [-0.25, -0.2) is 0 Å². The lowest BCUT2D eigenvalue weighted by Gasteiger charge is -2.30. The topological polar surface area (TPSA) is 79.8 Å².